The number of amides is 1. The van der Waals surface area contributed by atoms with Crippen LogP contribution in [0.3, 0.4) is 0 Å². The molecule has 1 aliphatic carbocycles. The number of fused-ring (bicyclic) bond motifs is 3. The lowest BCUT2D eigenvalue weighted by atomic mass is 10.1. The van der Waals surface area contributed by atoms with E-state index in [-0.39, 0.29) is 5.63 Å². The zero-order chi connectivity index (χ0) is 18.1. The lowest BCUT2D eigenvalue weighted by Gasteiger charge is -2.19. The van der Waals surface area contributed by atoms with E-state index in [4.69, 9.17) is 9.15 Å². The molecule has 1 amide bonds. The van der Waals surface area contributed by atoms with Crippen LogP contribution in [0.25, 0.3) is 11.0 Å². The SMILES string of the molecule is C[C@H](NC(=O)[C@@H](C)Oc1ccc2c3c(c(=O)oc2c1)CCC3)C(=O)[O-]. The number of carboxylic acid groups (broad SMARTS) is 1. The third-order valence-electron chi connectivity index (χ3n) is 4.34. The molecule has 1 N–H and O–H groups in total. The molecule has 7 heteroatoms. The Labute approximate surface area is 143 Å². The van der Waals surface area contributed by atoms with Gasteiger partial charge in [-0.15, -0.1) is 0 Å². The Morgan fingerprint density at radius 2 is 1.96 bits per heavy atom. The van der Waals surface area contributed by atoms with Crippen molar-refractivity contribution >= 4 is 22.8 Å². The summed E-state index contributed by atoms with van der Waals surface area (Å²) in [5.41, 5.74) is 1.85. The van der Waals surface area contributed by atoms with E-state index >= 15 is 0 Å². The van der Waals surface area contributed by atoms with Crippen LogP contribution in [0.1, 0.15) is 31.4 Å². The van der Waals surface area contributed by atoms with Gasteiger partial charge in [0.25, 0.3) is 5.91 Å². The van der Waals surface area contributed by atoms with Gasteiger partial charge in [0, 0.05) is 17.0 Å². The van der Waals surface area contributed by atoms with Gasteiger partial charge >= 0.3 is 5.63 Å². The van der Waals surface area contributed by atoms with Crippen LogP contribution in [0.5, 0.6) is 5.75 Å². The molecule has 132 valence electrons. The predicted octanol–water partition coefficient (Wildman–Crippen LogP) is 0.304. The van der Waals surface area contributed by atoms with Crippen molar-refractivity contribution in [1.82, 2.24) is 5.32 Å². The van der Waals surface area contributed by atoms with Crippen molar-refractivity contribution in [1.29, 1.82) is 0 Å². The molecule has 25 heavy (non-hydrogen) atoms. The molecule has 0 saturated carbocycles. The van der Waals surface area contributed by atoms with Crippen molar-refractivity contribution in [3.63, 3.8) is 0 Å². The molecule has 1 aromatic carbocycles. The van der Waals surface area contributed by atoms with Gasteiger partial charge in [-0.25, -0.2) is 4.79 Å². The average molecular weight is 344 g/mol. The molecule has 7 nitrogen and oxygen atoms in total. The standard InChI is InChI=1S/C18H19NO6/c1-9(17(21)22)19-16(20)10(2)24-11-6-7-13-12-4-3-5-14(12)18(23)25-15(13)8-11/h6-10H,3-5H2,1-2H3,(H,19,20)(H,21,22)/p-1/t9-,10+/m0/s1. The molecule has 2 atom stereocenters. The lowest BCUT2D eigenvalue weighted by Crippen LogP contribution is -2.49. The molecule has 0 bridgehead atoms. The van der Waals surface area contributed by atoms with Gasteiger partial charge in [-0.05, 0) is 50.8 Å². The number of nitrogens with one attached hydrogen (secondary N) is 1. The minimum Gasteiger partial charge on any atom is -0.548 e. The van der Waals surface area contributed by atoms with Gasteiger partial charge in [-0.1, -0.05) is 0 Å². The largest absolute Gasteiger partial charge is 0.548 e. The molecule has 2 aromatic rings. The van der Waals surface area contributed by atoms with Gasteiger partial charge in [0.05, 0.1) is 12.0 Å². The molecule has 3 rings (SSSR count). The van der Waals surface area contributed by atoms with Crippen molar-refractivity contribution in [2.75, 3.05) is 0 Å². The van der Waals surface area contributed by atoms with Crippen LogP contribution in [0.15, 0.2) is 27.4 Å². The van der Waals surface area contributed by atoms with E-state index < -0.39 is 24.0 Å². The molecule has 0 saturated heterocycles. The summed E-state index contributed by atoms with van der Waals surface area (Å²) in [7, 11) is 0. The number of benzene rings is 1. The number of hydrogen-bond donors (Lipinski definition) is 1. The molecule has 1 heterocycles. The van der Waals surface area contributed by atoms with Crippen LogP contribution in [-0.2, 0) is 22.4 Å². The van der Waals surface area contributed by atoms with Crippen LogP contribution in [0, 0.1) is 0 Å². The fourth-order valence-corrected chi connectivity index (χ4v) is 2.98. The molecule has 0 aliphatic heterocycles. The number of hydrogen-bond acceptors (Lipinski definition) is 6. The molecule has 0 spiro atoms. The van der Waals surface area contributed by atoms with Crippen molar-refractivity contribution in [2.45, 2.75) is 45.3 Å². The summed E-state index contributed by atoms with van der Waals surface area (Å²) >= 11 is 0. The Kier molecular flexibility index (Phi) is 4.48. The van der Waals surface area contributed by atoms with E-state index in [0.717, 1.165) is 35.8 Å². The van der Waals surface area contributed by atoms with Crippen LogP contribution >= 0.6 is 0 Å². The van der Waals surface area contributed by atoms with E-state index in [1.165, 1.54) is 13.8 Å². The van der Waals surface area contributed by atoms with Crippen LogP contribution in [0.2, 0.25) is 0 Å². The molecule has 0 fully saturated rings. The summed E-state index contributed by atoms with van der Waals surface area (Å²) < 4.78 is 10.9. The number of carbonyl (C=O) groups excluding carboxylic acids is 2. The summed E-state index contributed by atoms with van der Waals surface area (Å²) in [6.07, 6.45) is 1.60. The van der Waals surface area contributed by atoms with Crippen molar-refractivity contribution in [2.24, 2.45) is 0 Å². The van der Waals surface area contributed by atoms with E-state index in [2.05, 4.69) is 5.32 Å². The maximum atomic E-state index is 12.0. The van der Waals surface area contributed by atoms with Crippen LogP contribution < -0.4 is 20.8 Å². The monoisotopic (exact) mass is 344 g/mol. The van der Waals surface area contributed by atoms with Crippen LogP contribution in [-0.4, -0.2) is 24.0 Å². The summed E-state index contributed by atoms with van der Waals surface area (Å²) in [5.74, 6) is -1.59. The smallest absolute Gasteiger partial charge is 0.339 e. The quantitative estimate of drug-likeness (QED) is 0.782. The second-order valence-electron chi connectivity index (χ2n) is 6.17. The Hall–Kier alpha value is -2.83. The zero-order valence-electron chi connectivity index (χ0n) is 14.0. The third-order valence-corrected chi connectivity index (χ3v) is 4.34. The van der Waals surface area contributed by atoms with Crippen molar-refractivity contribution in [3.8, 4) is 5.75 Å². The first kappa shape index (κ1) is 17.0. The molecule has 0 unspecified atom stereocenters. The molecule has 1 aliphatic rings. The summed E-state index contributed by atoms with van der Waals surface area (Å²) in [4.78, 5) is 34.6. The minimum absolute atomic E-state index is 0.328. The second kappa shape index (κ2) is 6.58. The van der Waals surface area contributed by atoms with Crippen LogP contribution in [0.4, 0.5) is 0 Å². The van der Waals surface area contributed by atoms with Gasteiger partial charge in [-0.3, -0.25) is 4.79 Å². The maximum Gasteiger partial charge on any atom is 0.339 e. The van der Waals surface area contributed by atoms with Gasteiger partial charge in [-0.2, -0.15) is 0 Å². The first-order chi connectivity index (χ1) is 11.9. The van der Waals surface area contributed by atoms with E-state index in [1.54, 1.807) is 12.1 Å². The average Bonchev–Trinajstić information content (AvgIpc) is 3.05. The van der Waals surface area contributed by atoms with E-state index in [0.29, 0.717) is 11.3 Å². The van der Waals surface area contributed by atoms with Crippen molar-refractivity contribution < 1.29 is 23.8 Å². The fraction of sp³-hybridized carbons (Fsp3) is 0.389. The fourth-order valence-electron chi connectivity index (χ4n) is 2.98. The summed E-state index contributed by atoms with van der Waals surface area (Å²) in [5, 5.41) is 13.8. The maximum absolute atomic E-state index is 12.0. The third kappa shape index (κ3) is 3.35. The summed E-state index contributed by atoms with van der Waals surface area (Å²) in [6.45, 7) is 2.81. The Morgan fingerprint density at radius 1 is 1.24 bits per heavy atom. The molecule has 1 aromatic heterocycles. The molecule has 0 radical (unpaired) electrons. The number of carboxylic acids is 1. The Morgan fingerprint density at radius 3 is 2.68 bits per heavy atom. The first-order valence-corrected chi connectivity index (χ1v) is 8.13. The van der Waals surface area contributed by atoms with Gasteiger partial charge < -0.3 is 24.4 Å². The van der Waals surface area contributed by atoms with E-state index in [9.17, 15) is 19.5 Å². The highest BCUT2D eigenvalue weighted by Crippen LogP contribution is 2.29. The second-order valence-corrected chi connectivity index (χ2v) is 6.17. The van der Waals surface area contributed by atoms with Gasteiger partial charge in [0.2, 0.25) is 0 Å². The molecular formula is C18H18NO6-. The number of aliphatic carboxylic acids is 1. The minimum atomic E-state index is -1.37. The number of ether oxygens (including phenoxy) is 1. The number of carbonyl (C=O) groups is 2. The summed E-state index contributed by atoms with van der Waals surface area (Å²) in [6, 6.07) is 3.97. The normalized spacial score (nSPS) is 15.4. The Balaban J connectivity index is 1.81. The highest BCUT2D eigenvalue weighted by molar-refractivity contribution is 5.86. The molecular weight excluding hydrogens is 326 g/mol. The van der Waals surface area contributed by atoms with Gasteiger partial charge in [0.1, 0.15) is 11.3 Å². The van der Waals surface area contributed by atoms with Gasteiger partial charge in [0.15, 0.2) is 6.10 Å². The predicted molar refractivity (Wildman–Crippen MR) is 87.2 cm³/mol. The highest BCUT2D eigenvalue weighted by Gasteiger charge is 2.21. The first-order valence-electron chi connectivity index (χ1n) is 8.13. The topological polar surface area (TPSA) is 109 Å². The Bertz CT molecular complexity index is 900. The van der Waals surface area contributed by atoms with E-state index in [1.807, 2.05) is 6.07 Å². The number of aryl methyl sites for hydroxylation is 1. The number of rotatable bonds is 5. The zero-order valence-corrected chi connectivity index (χ0v) is 14.0. The van der Waals surface area contributed by atoms with Crippen molar-refractivity contribution in [3.05, 3.63) is 39.7 Å². The highest BCUT2D eigenvalue weighted by atomic mass is 16.5. The lowest BCUT2D eigenvalue weighted by molar-refractivity contribution is -0.307.